The Morgan fingerprint density at radius 2 is 1.88 bits per heavy atom. The first-order chi connectivity index (χ1) is 12.2. The minimum Gasteiger partial charge on any atom is -0.460 e. The lowest BCUT2D eigenvalue weighted by atomic mass is 9.75. The number of carbonyl (C=O) groups is 2. The highest BCUT2D eigenvalue weighted by atomic mass is 35.5. The molecule has 1 fully saturated rings. The Hall–Kier alpha value is -1.69. The number of hydrogen-bond acceptors (Lipinski definition) is 4. The van der Waals surface area contributed by atoms with Crippen LogP contribution in [0.3, 0.4) is 0 Å². The fraction of sp³-hybridized carbons (Fsp3) is 0.579. The first-order valence-corrected chi connectivity index (χ1v) is 9.08. The van der Waals surface area contributed by atoms with Crippen LogP contribution in [-0.4, -0.2) is 24.6 Å². The summed E-state index contributed by atoms with van der Waals surface area (Å²) < 4.78 is 36.6. The number of halogens is 3. The van der Waals surface area contributed by atoms with Crippen LogP contribution in [0, 0.1) is 29.4 Å². The molecule has 0 aromatic heterocycles. The molecular weight excluding hydrogens is 366 g/mol. The lowest BCUT2D eigenvalue weighted by Gasteiger charge is -2.36. The van der Waals surface area contributed by atoms with E-state index in [1.807, 2.05) is 0 Å². The molecule has 0 heterocycles. The third kappa shape index (κ3) is 5.16. The molecule has 4 nitrogen and oxygen atoms in total. The molecule has 1 aliphatic carbocycles. The van der Waals surface area contributed by atoms with Crippen molar-refractivity contribution in [3.8, 4) is 0 Å². The summed E-state index contributed by atoms with van der Waals surface area (Å²) in [5, 5.41) is -0.289. The van der Waals surface area contributed by atoms with Crippen LogP contribution in [0.25, 0.3) is 0 Å². The molecule has 0 unspecified atom stereocenters. The Morgan fingerprint density at radius 3 is 2.54 bits per heavy atom. The van der Waals surface area contributed by atoms with Crippen LogP contribution in [0.5, 0.6) is 0 Å². The van der Waals surface area contributed by atoms with Crippen LogP contribution in [0.15, 0.2) is 12.1 Å². The average molecular weight is 389 g/mol. The molecule has 1 aromatic carbocycles. The standard InChI is InChI=1S/C19H23ClF2O4/c1-10(2)12-5-4-11(3)6-17(12)26-18(23)9-25-19(24)13-7-15(21)16(22)8-14(13)20/h7-8,10-12,17H,4-6,9H2,1-3H3/t11-,12+,17+/m0/s1. The maximum absolute atomic E-state index is 13.2. The number of carbonyl (C=O) groups excluding carboxylic acids is 2. The van der Waals surface area contributed by atoms with Gasteiger partial charge in [-0.2, -0.15) is 0 Å². The largest absolute Gasteiger partial charge is 0.460 e. The van der Waals surface area contributed by atoms with Gasteiger partial charge in [0.15, 0.2) is 18.2 Å². The van der Waals surface area contributed by atoms with E-state index in [0.717, 1.165) is 19.3 Å². The molecule has 1 aromatic rings. The Balaban J connectivity index is 1.93. The van der Waals surface area contributed by atoms with E-state index in [0.29, 0.717) is 24.0 Å². The van der Waals surface area contributed by atoms with Crippen LogP contribution < -0.4 is 0 Å². The second kappa shape index (κ2) is 8.80. The lowest BCUT2D eigenvalue weighted by Crippen LogP contribution is -2.36. The summed E-state index contributed by atoms with van der Waals surface area (Å²) in [6.07, 6.45) is 2.65. The van der Waals surface area contributed by atoms with E-state index in [9.17, 15) is 18.4 Å². The molecule has 0 radical (unpaired) electrons. The zero-order chi connectivity index (χ0) is 19.4. The van der Waals surface area contributed by atoms with Crippen molar-refractivity contribution in [1.82, 2.24) is 0 Å². The van der Waals surface area contributed by atoms with Crippen molar-refractivity contribution >= 4 is 23.5 Å². The summed E-state index contributed by atoms with van der Waals surface area (Å²) >= 11 is 5.71. The molecule has 0 amide bonds. The highest BCUT2D eigenvalue weighted by Crippen LogP contribution is 2.35. The van der Waals surface area contributed by atoms with Crippen molar-refractivity contribution in [3.05, 3.63) is 34.4 Å². The van der Waals surface area contributed by atoms with Gasteiger partial charge in [-0.15, -0.1) is 0 Å². The van der Waals surface area contributed by atoms with Gasteiger partial charge in [-0.1, -0.05) is 38.8 Å². The van der Waals surface area contributed by atoms with E-state index >= 15 is 0 Å². The van der Waals surface area contributed by atoms with Crippen molar-refractivity contribution in [1.29, 1.82) is 0 Å². The van der Waals surface area contributed by atoms with Gasteiger partial charge < -0.3 is 9.47 Å². The van der Waals surface area contributed by atoms with E-state index in [4.69, 9.17) is 21.1 Å². The van der Waals surface area contributed by atoms with Crippen molar-refractivity contribution in [2.24, 2.45) is 17.8 Å². The van der Waals surface area contributed by atoms with E-state index in [1.165, 1.54) is 0 Å². The van der Waals surface area contributed by atoms with Crippen molar-refractivity contribution in [2.75, 3.05) is 6.61 Å². The first-order valence-electron chi connectivity index (χ1n) is 8.70. The molecular formula is C19H23ClF2O4. The molecule has 2 rings (SSSR count). The second-order valence-corrected chi connectivity index (χ2v) is 7.58. The molecule has 7 heteroatoms. The summed E-state index contributed by atoms with van der Waals surface area (Å²) in [7, 11) is 0. The Labute approximate surface area is 156 Å². The second-order valence-electron chi connectivity index (χ2n) is 7.18. The molecule has 26 heavy (non-hydrogen) atoms. The molecule has 144 valence electrons. The zero-order valence-corrected chi connectivity index (χ0v) is 15.8. The van der Waals surface area contributed by atoms with Gasteiger partial charge in [0.25, 0.3) is 0 Å². The summed E-state index contributed by atoms with van der Waals surface area (Å²) in [4.78, 5) is 24.0. The summed E-state index contributed by atoms with van der Waals surface area (Å²) in [6, 6.07) is 1.32. The van der Waals surface area contributed by atoms with Gasteiger partial charge in [-0.3, -0.25) is 0 Å². The van der Waals surface area contributed by atoms with E-state index in [2.05, 4.69) is 20.8 Å². The third-order valence-corrected chi connectivity index (χ3v) is 5.11. The SMILES string of the molecule is CC(C)[C@H]1CC[C@H](C)C[C@H]1OC(=O)COC(=O)c1cc(F)c(F)cc1Cl. The van der Waals surface area contributed by atoms with Crippen molar-refractivity contribution in [2.45, 2.75) is 46.1 Å². The lowest BCUT2D eigenvalue weighted by molar-refractivity contribution is -0.159. The Morgan fingerprint density at radius 1 is 1.23 bits per heavy atom. The van der Waals surface area contributed by atoms with Crippen LogP contribution in [0.2, 0.25) is 5.02 Å². The van der Waals surface area contributed by atoms with E-state index < -0.39 is 30.2 Å². The predicted octanol–water partition coefficient (Wildman–Crippen LogP) is 4.78. The van der Waals surface area contributed by atoms with Crippen LogP contribution in [-0.2, 0) is 14.3 Å². The number of benzene rings is 1. The van der Waals surface area contributed by atoms with Gasteiger partial charge in [-0.05, 0) is 42.7 Å². The molecule has 0 aliphatic heterocycles. The van der Waals surface area contributed by atoms with Gasteiger partial charge >= 0.3 is 11.9 Å². The maximum Gasteiger partial charge on any atom is 0.344 e. The van der Waals surface area contributed by atoms with Gasteiger partial charge in [0.05, 0.1) is 10.6 Å². The highest BCUT2D eigenvalue weighted by molar-refractivity contribution is 6.33. The fourth-order valence-corrected chi connectivity index (χ4v) is 3.56. The summed E-state index contributed by atoms with van der Waals surface area (Å²) in [5.41, 5.74) is -0.343. The van der Waals surface area contributed by atoms with Gasteiger partial charge in [-0.25, -0.2) is 18.4 Å². The molecule has 0 saturated heterocycles. The van der Waals surface area contributed by atoms with Crippen LogP contribution in [0.1, 0.15) is 50.4 Å². The highest BCUT2D eigenvalue weighted by Gasteiger charge is 2.33. The Bertz CT molecular complexity index is 678. The van der Waals surface area contributed by atoms with Gasteiger partial charge in [0.1, 0.15) is 6.10 Å². The number of hydrogen-bond donors (Lipinski definition) is 0. The van der Waals surface area contributed by atoms with Crippen LogP contribution in [0.4, 0.5) is 8.78 Å². The molecule has 0 N–H and O–H groups in total. The molecule has 3 atom stereocenters. The molecule has 0 spiro atoms. The first kappa shape index (κ1) is 20.6. The minimum atomic E-state index is -1.22. The van der Waals surface area contributed by atoms with Gasteiger partial charge in [0, 0.05) is 0 Å². The number of ether oxygens (including phenoxy) is 2. The number of esters is 2. The van der Waals surface area contributed by atoms with E-state index in [-0.39, 0.29) is 22.6 Å². The fourth-order valence-electron chi connectivity index (χ4n) is 3.33. The summed E-state index contributed by atoms with van der Waals surface area (Å²) in [6.45, 7) is 5.69. The monoisotopic (exact) mass is 388 g/mol. The zero-order valence-electron chi connectivity index (χ0n) is 15.1. The van der Waals surface area contributed by atoms with Crippen LogP contribution >= 0.6 is 11.6 Å². The minimum absolute atomic E-state index is 0.211. The Kier molecular flexibility index (Phi) is 6.98. The molecule has 1 saturated carbocycles. The molecule has 0 bridgehead atoms. The topological polar surface area (TPSA) is 52.6 Å². The average Bonchev–Trinajstić information content (AvgIpc) is 2.55. The summed E-state index contributed by atoms with van der Waals surface area (Å²) in [5.74, 6) is -2.95. The number of rotatable bonds is 5. The quantitative estimate of drug-likeness (QED) is 0.538. The predicted molar refractivity (Wildman–Crippen MR) is 92.9 cm³/mol. The van der Waals surface area contributed by atoms with Gasteiger partial charge in [0.2, 0.25) is 0 Å². The maximum atomic E-state index is 13.2. The van der Waals surface area contributed by atoms with Crippen molar-refractivity contribution < 1.29 is 27.8 Å². The third-order valence-electron chi connectivity index (χ3n) is 4.80. The normalized spacial score (nSPS) is 23.0. The molecule has 1 aliphatic rings. The smallest absolute Gasteiger partial charge is 0.344 e. The van der Waals surface area contributed by atoms with E-state index in [1.54, 1.807) is 0 Å². The van der Waals surface area contributed by atoms with Crippen molar-refractivity contribution in [3.63, 3.8) is 0 Å².